The second-order valence-electron chi connectivity index (χ2n) is 8.70. The zero-order valence-electron chi connectivity index (χ0n) is 18.8. The van der Waals surface area contributed by atoms with Gasteiger partial charge in [0.05, 0.1) is 6.04 Å². The molecule has 0 saturated carbocycles. The van der Waals surface area contributed by atoms with Gasteiger partial charge in [0.15, 0.2) is 0 Å². The molecule has 1 aromatic carbocycles. The van der Waals surface area contributed by atoms with E-state index in [1.807, 2.05) is 58.0 Å². The number of hydrogen-bond donors (Lipinski definition) is 4. The van der Waals surface area contributed by atoms with Gasteiger partial charge in [-0.05, 0) is 30.2 Å². The van der Waals surface area contributed by atoms with Crippen LogP contribution in [0.2, 0.25) is 0 Å². The second kappa shape index (κ2) is 13.5. The zero-order valence-corrected chi connectivity index (χ0v) is 18.8. The lowest BCUT2D eigenvalue weighted by Crippen LogP contribution is -2.52. The standard InChI is InChI=1S/C23H35N3O5/c1-15(2)10-18(13-21(28)26-31)22(29)25-20(12-17-8-6-5-7-9-17)23(30)24-19(14-27)11-16(3)4/h5-9,14-16,18-20,31H,10-13H2,1-4H3,(H,24,30)(H,25,29)(H,26,28)/t18-,19+,20+/m1/s1. The molecule has 0 radical (unpaired) electrons. The summed E-state index contributed by atoms with van der Waals surface area (Å²) >= 11 is 0. The molecule has 0 aromatic heterocycles. The Morgan fingerprint density at radius 3 is 2.06 bits per heavy atom. The van der Waals surface area contributed by atoms with E-state index in [0.29, 0.717) is 19.1 Å². The molecule has 0 aliphatic rings. The van der Waals surface area contributed by atoms with E-state index in [-0.39, 0.29) is 24.7 Å². The summed E-state index contributed by atoms with van der Waals surface area (Å²) in [5.74, 6) is -1.91. The number of aldehydes is 1. The van der Waals surface area contributed by atoms with Gasteiger partial charge in [0.1, 0.15) is 12.3 Å². The third kappa shape index (κ3) is 10.2. The van der Waals surface area contributed by atoms with E-state index in [9.17, 15) is 19.2 Å². The van der Waals surface area contributed by atoms with Gasteiger partial charge in [0.2, 0.25) is 17.7 Å². The van der Waals surface area contributed by atoms with E-state index in [0.717, 1.165) is 5.56 Å². The molecule has 3 atom stereocenters. The van der Waals surface area contributed by atoms with Crippen molar-refractivity contribution in [3.05, 3.63) is 35.9 Å². The average Bonchev–Trinajstić information content (AvgIpc) is 2.72. The zero-order chi connectivity index (χ0) is 23.4. The van der Waals surface area contributed by atoms with Crippen molar-refractivity contribution in [2.24, 2.45) is 17.8 Å². The minimum atomic E-state index is -0.906. The highest BCUT2D eigenvalue weighted by molar-refractivity contribution is 5.91. The lowest BCUT2D eigenvalue weighted by atomic mass is 9.92. The first-order valence-electron chi connectivity index (χ1n) is 10.7. The van der Waals surface area contributed by atoms with Gasteiger partial charge in [-0.2, -0.15) is 0 Å². The summed E-state index contributed by atoms with van der Waals surface area (Å²) < 4.78 is 0. The molecule has 0 heterocycles. The summed E-state index contributed by atoms with van der Waals surface area (Å²) in [6, 6.07) is 7.68. The molecule has 8 heteroatoms. The highest BCUT2D eigenvalue weighted by Crippen LogP contribution is 2.17. The first-order chi connectivity index (χ1) is 14.7. The van der Waals surface area contributed by atoms with Crippen molar-refractivity contribution in [1.82, 2.24) is 16.1 Å². The first-order valence-corrected chi connectivity index (χ1v) is 10.7. The van der Waals surface area contributed by atoms with E-state index in [1.165, 1.54) is 0 Å². The molecule has 1 rings (SSSR count). The number of carbonyl (C=O) groups is 4. The Balaban J connectivity index is 3.02. The molecule has 0 fully saturated rings. The molecule has 0 saturated heterocycles. The summed E-state index contributed by atoms with van der Waals surface area (Å²) in [4.78, 5) is 48.9. The van der Waals surface area contributed by atoms with Crippen LogP contribution >= 0.6 is 0 Å². The van der Waals surface area contributed by atoms with Crippen molar-refractivity contribution >= 4 is 24.0 Å². The maximum absolute atomic E-state index is 13.0. The maximum Gasteiger partial charge on any atom is 0.244 e. The number of amides is 3. The van der Waals surface area contributed by atoms with Gasteiger partial charge >= 0.3 is 0 Å². The van der Waals surface area contributed by atoms with Gasteiger partial charge in [-0.25, -0.2) is 5.48 Å². The summed E-state index contributed by atoms with van der Waals surface area (Å²) in [6.45, 7) is 7.75. The molecule has 0 unspecified atom stereocenters. The number of benzene rings is 1. The molecule has 0 aliphatic heterocycles. The van der Waals surface area contributed by atoms with Crippen LogP contribution in [-0.4, -0.2) is 41.3 Å². The minimum Gasteiger partial charge on any atom is -0.345 e. The molecule has 172 valence electrons. The summed E-state index contributed by atoms with van der Waals surface area (Å²) in [5.41, 5.74) is 2.40. The Morgan fingerprint density at radius 1 is 0.935 bits per heavy atom. The van der Waals surface area contributed by atoms with Crippen LogP contribution in [0.15, 0.2) is 30.3 Å². The van der Waals surface area contributed by atoms with Crippen molar-refractivity contribution in [2.45, 2.75) is 65.5 Å². The van der Waals surface area contributed by atoms with Crippen LogP contribution in [0.3, 0.4) is 0 Å². The van der Waals surface area contributed by atoms with Crippen LogP contribution in [0.5, 0.6) is 0 Å². The summed E-state index contributed by atoms with van der Waals surface area (Å²) in [5, 5.41) is 14.3. The van der Waals surface area contributed by atoms with Gasteiger partial charge in [-0.3, -0.25) is 19.6 Å². The number of carbonyl (C=O) groups excluding carboxylic acids is 4. The first kappa shape index (κ1) is 26.3. The number of nitrogens with one attached hydrogen (secondary N) is 3. The predicted octanol–water partition coefficient (Wildman–Crippen LogP) is 2.00. The number of hydroxylamine groups is 1. The fourth-order valence-electron chi connectivity index (χ4n) is 3.41. The molecule has 4 N–H and O–H groups in total. The lowest BCUT2D eigenvalue weighted by molar-refractivity contribution is -0.136. The molecular formula is C23H35N3O5. The van der Waals surface area contributed by atoms with E-state index in [4.69, 9.17) is 5.21 Å². The number of hydrogen-bond acceptors (Lipinski definition) is 5. The van der Waals surface area contributed by atoms with Crippen LogP contribution in [0.1, 0.15) is 52.5 Å². The molecule has 0 aliphatic carbocycles. The van der Waals surface area contributed by atoms with Crippen molar-refractivity contribution in [3.8, 4) is 0 Å². The fourth-order valence-corrected chi connectivity index (χ4v) is 3.41. The average molecular weight is 434 g/mol. The highest BCUT2D eigenvalue weighted by Gasteiger charge is 2.29. The number of rotatable bonds is 13. The monoisotopic (exact) mass is 433 g/mol. The normalized spacial score (nSPS) is 13.9. The van der Waals surface area contributed by atoms with Crippen LogP contribution in [-0.2, 0) is 25.6 Å². The Labute approximate surface area is 184 Å². The van der Waals surface area contributed by atoms with Crippen molar-refractivity contribution in [3.63, 3.8) is 0 Å². The van der Waals surface area contributed by atoms with Crippen LogP contribution in [0, 0.1) is 17.8 Å². The van der Waals surface area contributed by atoms with E-state index in [2.05, 4.69) is 10.6 Å². The quantitative estimate of drug-likeness (QED) is 0.215. The third-order valence-corrected chi connectivity index (χ3v) is 4.82. The predicted molar refractivity (Wildman–Crippen MR) is 117 cm³/mol. The van der Waals surface area contributed by atoms with Gasteiger partial charge in [0.25, 0.3) is 0 Å². The molecule has 1 aromatic rings. The molecule has 31 heavy (non-hydrogen) atoms. The fraction of sp³-hybridized carbons (Fsp3) is 0.565. The van der Waals surface area contributed by atoms with E-state index in [1.54, 1.807) is 5.48 Å². The molecule has 0 bridgehead atoms. The van der Waals surface area contributed by atoms with Gasteiger partial charge in [-0.1, -0.05) is 58.0 Å². The second-order valence-corrected chi connectivity index (χ2v) is 8.70. The van der Waals surface area contributed by atoms with Crippen molar-refractivity contribution < 1.29 is 24.4 Å². The smallest absolute Gasteiger partial charge is 0.244 e. The molecule has 3 amide bonds. The summed E-state index contributed by atoms with van der Waals surface area (Å²) in [7, 11) is 0. The van der Waals surface area contributed by atoms with Crippen LogP contribution < -0.4 is 16.1 Å². The van der Waals surface area contributed by atoms with E-state index < -0.39 is 35.7 Å². The van der Waals surface area contributed by atoms with Crippen LogP contribution in [0.25, 0.3) is 0 Å². The van der Waals surface area contributed by atoms with Gasteiger partial charge in [0, 0.05) is 18.8 Å². The topological polar surface area (TPSA) is 125 Å². The van der Waals surface area contributed by atoms with Crippen LogP contribution in [0.4, 0.5) is 0 Å². The van der Waals surface area contributed by atoms with Gasteiger partial charge < -0.3 is 15.4 Å². The Morgan fingerprint density at radius 2 is 1.55 bits per heavy atom. The summed E-state index contributed by atoms with van der Waals surface area (Å²) in [6.07, 6.45) is 1.67. The molecule has 8 nitrogen and oxygen atoms in total. The third-order valence-electron chi connectivity index (χ3n) is 4.82. The molecule has 0 spiro atoms. The SMILES string of the molecule is CC(C)C[C@H](CC(=O)NO)C(=O)N[C@@H](Cc1ccccc1)C(=O)N[C@H](C=O)CC(C)C. The Hall–Kier alpha value is -2.74. The van der Waals surface area contributed by atoms with Gasteiger partial charge in [-0.15, -0.1) is 0 Å². The van der Waals surface area contributed by atoms with Crippen molar-refractivity contribution in [2.75, 3.05) is 0 Å². The lowest BCUT2D eigenvalue weighted by Gasteiger charge is -2.24. The molecular weight excluding hydrogens is 398 g/mol. The Kier molecular flexibility index (Phi) is 11.5. The minimum absolute atomic E-state index is 0.133. The van der Waals surface area contributed by atoms with Crippen molar-refractivity contribution in [1.29, 1.82) is 0 Å². The van der Waals surface area contributed by atoms with E-state index >= 15 is 0 Å². The highest BCUT2D eigenvalue weighted by atomic mass is 16.5. The Bertz CT molecular complexity index is 721. The maximum atomic E-state index is 13.0. The largest absolute Gasteiger partial charge is 0.345 e.